The summed E-state index contributed by atoms with van der Waals surface area (Å²) in [7, 11) is 0. The van der Waals surface area contributed by atoms with Crippen molar-refractivity contribution in [3.8, 4) is 17.3 Å². The van der Waals surface area contributed by atoms with Crippen LogP contribution in [0.15, 0.2) is 53.9 Å². The van der Waals surface area contributed by atoms with E-state index in [1.807, 2.05) is 17.5 Å². The van der Waals surface area contributed by atoms with Crippen molar-refractivity contribution in [3.05, 3.63) is 70.6 Å². The molecule has 2 aromatic carbocycles. The van der Waals surface area contributed by atoms with Crippen LogP contribution in [-0.4, -0.2) is 16.6 Å². The number of aryl methyl sites for hydroxylation is 1. The van der Waals surface area contributed by atoms with Gasteiger partial charge >= 0.3 is 0 Å². The molecule has 0 fully saturated rings. The molecule has 0 saturated heterocycles. The molecule has 1 aromatic heterocycles. The Morgan fingerprint density at radius 2 is 1.85 bits per heavy atom. The second kappa shape index (κ2) is 9.36. The molecule has 0 aliphatic rings. The van der Waals surface area contributed by atoms with Crippen molar-refractivity contribution in [2.75, 3.05) is 11.1 Å². The second-order valence-corrected chi connectivity index (χ2v) is 7.78. The molecule has 4 nitrogen and oxygen atoms in total. The van der Waals surface area contributed by atoms with Crippen molar-refractivity contribution in [1.29, 1.82) is 5.26 Å². The van der Waals surface area contributed by atoms with Gasteiger partial charge in [0.2, 0.25) is 5.91 Å². The van der Waals surface area contributed by atoms with Gasteiger partial charge in [-0.05, 0) is 29.7 Å². The lowest BCUT2D eigenvalue weighted by Crippen LogP contribution is -2.13. The predicted molar refractivity (Wildman–Crippen MR) is 113 cm³/mol. The number of rotatable bonds is 7. The monoisotopic (exact) mass is 393 g/mol. The Bertz CT molecular complexity index is 941. The van der Waals surface area contributed by atoms with Gasteiger partial charge in [0.1, 0.15) is 0 Å². The van der Waals surface area contributed by atoms with Crippen LogP contribution in [0.25, 0.3) is 11.3 Å². The molecule has 1 heterocycles. The molecule has 136 valence electrons. The van der Waals surface area contributed by atoms with E-state index in [1.165, 1.54) is 28.7 Å². The number of nitriles is 1. The highest BCUT2D eigenvalue weighted by Crippen LogP contribution is 2.25. The third kappa shape index (κ3) is 5.43. The SMILES string of the molecule is CCc1ccc(-c2csc(NC(=O)CSCc3ccc(C#N)cc3)n2)cc1. The number of thioether (sulfide) groups is 1. The van der Waals surface area contributed by atoms with E-state index in [0.717, 1.165) is 29.0 Å². The molecule has 3 rings (SSSR count). The van der Waals surface area contributed by atoms with Gasteiger partial charge in [0.25, 0.3) is 0 Å². The summed E-state index contributed by atoms with van der Waals surface area (Å²) in [5, 5.41) is 14.2. The van der Waals surface area contributed by atoms with Gasteiger partial charge in [-0.3, -0.25) is 4.79 Å². The molecular weight excluding hydrogens is 374 g/mol. The van der Waals surface area contributed by atoms with Crippen molar-refractivity contribution < 1.29 is 4.79 Å². The summed E-state index contributed by atoms with van der Waals surface area (Å²) >= 11 is 2.97. The topological polar surface area (TPSA) is 65.8 Å². The minimum absolute atomic E-state index is 0.0594. The molecule has 0 aliphatic carbocycles. The zero-order valence-electron chi connectivity index (χ0n) is 14.9. The Hall–Kier alpha value is -2.62. The Morgan fingerprint density at radius 1 is 1.15 bits per heavy atom. The van der Waals surface area contributed by atoms with Crippen LogP contribution in [-0.2, 0) is 17.0 Å². The number of nitrogens with zero attached hydrogens (tertiary/aromatic N) is 2. The average Bonchev–Trinajstić information content (AvgIpc) is 3.17. The predicted octanol–water partition coefficient (Wildman–Crippen LogP) is 5.12. The summed E-state index contributed by atoms with van der Waals surface area (Å²) in [6.07, 6.45) is 1.01. The minimum Gasteiger partial charge on any atom is -0.301 e. The van der Waals surface area contributed by atoms with Crippen molar-refractivity contribution >= 4 is 34.1 Å². The summed E-state index contributed by atoms with van der Waals surface area (Å²) in [6.45, 7) is 2.13. The third-order valence-corrected chi connectivity index (χ3v) is 5.75. The maximum absolute atomic E-state index is 12.1. The van der Waals surface area contributed by atoms with Crippen LogP contribution in [0, 0.1) is 11.3 Å². The molecule has 6 heteroatoms. The lowest BCUT2D eigenvalue weighted by Gasteiger charge is -2.03. The molecule has 0 bridgehead atoms. The number of nitrogens with one attached hydrogen (secondary N) is 1. The zero-order valence-corrected chi connectivity index (χ0v) is 16.6. The number of aromatic nitrogens is 1. The van der Waals surface area contributed by atoms with Gasteiger partial charge in [-0.2, -0.15) is 5.26 Å². The van der Waals surface area contributed by atoms with Crippen molar-refractivity contribution in [1.82, 2.24) is 4.98 Å². The normalized spacial score (nSPS) is 10.4. The molecule has 0 saturated carbocycles. The summed E-state index contributed by atoms with van der Waals surface area (Å²) in [5.74, 6) is 1.03. The average molecular weight is 394 g/mol. The van der Waals surface area contributed by atoms with E-state index in [-0.39, 0.29) is 5.91 Å². The number of amides is 1. The van der Waals surface area contributed by atoms with E-state index in [9.17, 15) is 4.79 Å². The number of hydrogen-bond donors (Lipinski definition) is 1. The van der Waals surface area contributed by atoms with Crippen LogP contribution in [0.2, 0.25) is 0 Å². The number of anilines is 1. The van der Waals surface area contributed by atoms with E-state index in [4.69, 9.17) is 5.26 Å². The van der Waals surface area contributed by atoms with Gasteiger partial charge < -0.3 is 5.32 Å². The molecule has 0 radical (unpaired) electrons. The van der Waals surface area contributed by atoms with E-state index in [2.05, 4.69) is 47.6 Å². The number of thiazole rings is 1. The Balaban J connectivity index is 1.49. The number of benzene rings is 2. The maximum atomic E-state index is 12.1. The fourth-order valence-corrected chi connectivity index (χ4v) is 3.99. The highest BCUT2D eigenvalue weighted by molar-refractivity contribution is 7.99. The summed E-state index contributed by atoms with van der Waals surface area (Å²) in [6, 6.07) is 17.8. The van der Waals surface area contributed by atoms with Crippen LogP contribution in [0.3, 0.4) is 0 Å². The second-order valence-electron chi connectivity index (χ2n) is 5.94. The van der Waals surface area contributed by atoms with Crippen LogP contribution in [0.1, 0.15) is 23.6 Å². The fourth-order valence-electron chi connectivity index (χ4n) is 2.47. The van der Waals surface area contributed by atoms with Gasteiger partial charge in [-0.15, -0.1) is 23.1 Å². The van der Waals surface area contributed by atoms with Crippen molar-refractivity contribution in [3.63, 3.8) is 0 Å². The lowest BCUT2D eigenvalue weighted by atomic mass is 10.1. The smallest absolute Gasteiger partial charge is 0.236 e. The zero-order chi connectivity index (χ0) is 19.1. The van der Waals surface area contributed by atoms with Gasteiger partial charge in [0.15, 0.2) is 5.13 Å². The Kier molecular flexibility index (Phi) is 6.64. The van der Waals surface area contributed by atoms with Gasteiger partial charge in [0.05, 0.1) is 23.1 Å². The maximum Gasteiger partial charge on any atom is 0.236 e. The highest BCUT2D eigenvalue weighted by Gasteiger charge is 2.08. The Morgan fingerprint density at radius 3 is 2.52 bits per heavy atom. The van der Waals surface area contributed by atoms with E-state index < -0.39 is 0 Å². The fraction of sp³-hybridized carbons (Fsp3) is 0.190. The Labute approximate surface area is 167 Å². The molecule has 1 N–H and O–H groups in total. The van der Waals surface area contributed by atoms with Gasteiger partial charge in [-0.1, -0.05) is 43.3 Å². The molecule has 0 spiro atoms. The quantitative estimate of drug-likeness (QED) is 0.605. The molecule has 0 unspecified atom stereocenters. The van der Waals surface area contributed by atoms with E-state index in [0.29, 0.717) is 16.4 Å². The van der Waals surface area contributed by atoms with Crippen molar-refractivity contribution in [2.24, 2.45) is 0 Å². The summed E-state index contributed by atoms with van der Waals surface area (Å²) < 4.78 is 0. The summed E-state index contributed by atoms with van der Waals surface area (Å²) in [5.41, 5.74) is 4.97. The van der Waals surface area contributed by atoms with Crippen LogP contribution in [0.4, 0.5) is 5.13 Å². The molecular formula is C21H19N3OS2. The van der Waals surface area contributed by atoms with E-state index in [1.54, 1.807) is 12.1 Å². The molecule has 27 heavy (non-hydrogen) atoms. The first-order valence-corrected chi connectivity index (χ1v) is 10.6. The standard InChI is InChI=1S/C21H19N3OS2/c1-2-15-7-9-18(10-8-15)19-13-27-21(23-19)24-20(25)14-26-12-17-5-3-16(11-22)4-6-17/h3-10,13H,2,12,14H2,1H3,(H,23,24,25). The van der Waals surface area contributed by atoms with Crippen LogP contribution in [0.5, 0.6) is 0 Å². The lowest BCUT2D eigenvalue weighted by molar-refractivity contribution is -0.113. The largest absolute Gasteiger partial charge is 0.301 e. The molecule has 1 amide bonds. The molecule has 0 aliphatic heterocycles. The number of carbonyl (C=O) groups excluding carboxylic acids is 1. The number of carbonyl (C=O) groups is 1. The molecule has 3 aromatic rings. The number of hydrogen-bond acceptors (Lipinski definition) is 5. The van der Waals surface area contributed by atoms with Crippen LogP contribution < -0.4 is 5.32 Å². The molecule has 0 atom stereocenters. The highest BCUT2D eigenvalue weighted by atomic mass is 32.2. The van der Waals surface area contributed by atoms with Gasteiger partial charge in [-0.25, -0.2) is 4.98 Å². The first-order valence-electron chi connectivity index (χ1n) is 8.59. The van der Waals surface area contributed by atoms with Crippen LogP contribution >= 0.6 is 23.1 Å². The van der Waals surface area contributed by atoms with E-state index >= 15 is 0 Å². The van der Waals surface area contributed by atoms with Crippen molar-refractivity contribution in [2.45, 2.75) is 19.1 Å². The summed E-state index contributed by atoms with van der Waals surface area (Å²) in [4.78, 5) is 16.6. The third-order valence-electron chi connectivity index (χ3n) is 3.99. The first kappa shape index (κ1) is 19.2. The minimum atomic E-state index is -0.0594. The first-order chi connectivity index (χ1) is 13.2. The van der Waals surface area contributed by atoms with Gasteiger partial charge in [0, 0.05) is 16.7 Å².